The van der Waals surface area contributed by atoms with Gasteiger partial charge >= 0.3 is 0 Å². The Kier molecular flexibility index (Phi) is 5.05. The number of rotatable bonds is 4. The lowest BCUT2D eigenvalue weighted by Gasteiger charge is -2.32. The lowest BCUT2D eigenvalue weighted by Crippen LogP contribution is -3.29. The van der Waals surface area contributed by atoms with Crippen molar-refractivity contribution in [3.8, 4) is 0 Å². The number of quaternary nitrogens is 2. The van der Waals surface area contributed by atoms with Crippen molar-refractivity contribution in [2.45, 2.75) is 25.9 Å². The molecule has 5 heteroatoms. The molecule has 4 rings (SSSR count). The number of hydrogen-bond donors (Lipinski definition) is 2. The number of anilines is 1. The lowest BCUT2D eigenvalue weighted by atomic mass is 10.1. The van der Waals surface area contributed by atoms with Crippen LogP contribution in [0.3, 0.4) is 0 Å². The van der Waals surface area contributed by atoms with Crippen LogP contribution in [-0.4, -0.2) is 44.0 Å². The molecule has 0 aromatic heterocycles. The number of para-hydroxylation sites is 1. The van der Waals surface area contributed by atoms with E-state index < -0.39 is 0 Å². The van der Waals surface area contributed by atoms with Crippen LogP contribution >= 0.6 is 0 Å². The van der Waals surface area contributed by atoms with Gasteiger partial charge in [-0.15, -0.1) is 0 Å². The molecule has 0 spiro atoms. The number of imide groups is 1. The molecular formula is C22H27N3O2+2. The fraction of sp³-hybridized carbons (Fsp3) is 0.364. The zero-order valence-corrected chi connectivity index (χ0v) is 15.8. The highest BCUT2D eigenvalue weighted by Gasteiger charge is 2.46. The fourth-order valence-electron chi connectivity index (χ4n) is 4.36. The van der Waals surface area contributed by atoms with Crippen LogP contribution in [0.4, 0.5) is 5.69 Å². The Labute approximate surface area is 160 Å². The molecule has 0 bridgehead atoms. The molecule has 0 saturated carbocycles. The van der Waals surface area contributed by atoms with Crippen molar-refractivity contribution in [3.63, 3.8) is 0 Å². The molecule has 2 amide bonds. The lowest BCUT2D eigenvalue weighted by molar-refractivity contribution is -1.02. The molecule has 0 aliphatic carbocycles. The maximum Gasteiger partial charge on any atom is 0.292 e. The molecule has 0 unspecified atom stereocenters. The van der Waals surface area contributed by atoms with Gasteiger partial charge in [0.25, 0.3) is 5.91 Å². The number of carbonyl (C=O) groups is 2. The van der Waals surface area contributed by atoms with Crippen molar-refractivity contribution in [2.24, 2.45) is 0 Å². The standard InChI is InChI=1S/C22H25N3O2/c1-17-6-5-7-18(14-17)16-23-10-12-24(13-11-23)20-15-21(26)25(22(20)27)19-8-3-2-4-9-19/h2-9,14,20H,10-13,15-16H2,1H3/p+2/t20-/m1/s1. The summed E-state index contributed by atoms with van der Waals surface area (Å²) in [5, 5.41) is 0. The fourth-order valence-corrected chi connectivity index (χ4v) is 4.36. The van der Waals surface area contributed by atoms with Gasteiger partial charge in [-0.25, -0.2) is 4.90 Å². The van der Waals surface area contributed by atoms with Crippen LogP contribution in [0.15, 0.2) is 54.6 Å². The Morgan fingerprint density at radius 3 is 2.41 bits per heavy atom. The van der Waals surface area contributed by atoms with E-state index in [1.165, 1.54) is 20.9 Å². The van der Waals surface area contributed by atoms with Crippen molar-refractivity contribution in [1.82, 2.24) is 0 Å². The molecule has 2 fully saturated rings. The monoisotopic (exact) mass is 365 g/mol. The second-order valence-corrected chi connectivity index (χ2v) is 7.73. The van der Waals surface area contributed by atoms with E-state index in [9.17, 15) is 9.59 Å². The minimum Gasteiger partial charge on any atom is -0.322 e. The number of amides is 2. The Bertz CT molecular complexity index is 828. The van der Waals surface area contributed by atoms with Gasteiger partial charge in [0.1, 0.15) is 32.7 Å². The van der Waals surface area contributed by atoms with Crippen molar-refractivity contribution >= 4 is 17.5 Å². The molecule has 2 aromatic rings. The van der Waals surface area contributed by atoms with E-state index in [2.05, 4.69) is 31.2 Å². The summed E-state index contributed by atoms with van der Waals surface area (Å²) in [6.07, 6.45) is 0.330. The number of piperazine rings is 1. The smallest absolute Gasteiger partial charge is 0.292 e. The molecule has 5 nitrogen and oxygen atoms in total. The second kappa shape index (κ2) is 7.62. The zero-order chi connectivity index (χ0) is 18.8. The predicted molar refractivity (Wildman–Crippen MR) is 104 cm³/mol. The normalized spacial score (nSPS) is 25.8. The first-order valence-corrected chi connectivity index (χ1v) is 9.77. The highest BCUT2D eigenvalue weighted by atomic mass is 16.2. The van der Waals surface area contributed by atoms with Crippen molar-refractivity contribution in [2.75, 3.05) is 31.1 Å². The van der Waals surface area contributed by atoms with E-state index >= 15 is 0 Å². The average Bonchev–Trinajstić information content (AvgIpc) is 2.97. The van der Waals surface area contributed by atoms with E-state index in [0.717, 1.165) is 32.7 Å². The van der Waals surface area contributed by atoms with E-state index in [1.807, 2.05) is 30.3 Å². The SMILES string of the molecule is Cc1cccc(C[NH+]2CC[NH+]([C@@H]3CC(=O)N(c4ccccc4)C3=O)CC2)c1. The molecule has 2 N–H and O–H groups in total. The average molecular weight is 365 g/mol. The molecule has 1 atom stereocenters. The minimum atomic E-state index is -0.224. The molecule has 27 heavy (non-hydrogen) atoms. The number of carbonyl (C=O) groups excluding carboxylic acids is 2. The van der Waals surface area contributed by atoms with Gasteiger partial charge in [0.2, 0.25) is 5.91 Å². The van der Waals surface area contributed by atoms with Crippen LogP contribution < -0.4 is 14.7 Å². The maximum absolute atomic E-state index is 12.9. The third-order valence-corrected chi connectivity index (χ3v) is 5.79. The van der Waals surface area contributed by atoms with Crippen molar-refractivity contribution in [3.05, 3.63) is 65.7 Å². The third kappa shape index (κ3) is 3.80. The Morgan fingerprint density at radius 2 is 1.70 bits per heavy atom. The van der Waals surface area contributed by atoms with Gasteiger partial charge in [-0.05, 0) is 19.1 Å². The zero-order valence-electron chi connectivity index (χ0n) is 15.8. The minimum absolute atomic E-state index is 0.0386. The quantitative estimate of drug-likeness (QED) is 0.725. The van der Waals surface area contributed by atoms with E-state index in [1.54, 1.807) is 4.90 Å². The second-order valence-electron chi connectivity index (χ2n) is 7.73. The summed E-state index contributed by atoms with van der Waals surface area (Å²) in [6.45, 7) is 7.10. The van der Waals surface area contributed by atoms with Crippen LogP contribution in [0.25, 0.3) is 0 Å². The first-order valence-electron chi connectivity index (χ1n) is 9.77. The molecule has 2 aliphatic heterocycles. The van der Waals surface area contributed by atoms with Crippen molar-refractivity contribution < 1.29 is 19.4 Å². The van der Waals surface area contributed by atoms with Gasteiger partial charge in [-0.1, -0.05) is 48.0 Å². The summed E-state index contributed by atoms with van der Waals surface area (Å²) in [5.74, 6) is -0.110. The molecule has 2 aromatic carbocycles. The van der Waals surface area contributed by atoms with Gasteiger partial charge < -0.3 is 9.80 Å². The largest absolute Gasteiger partial charge is 0.322 e. The summed E-state index contributed by atoms with van der Waals surface area (Å²) >= 11 is 0. The van der Waals surface area contributed by atoms with Gasteiger partial charge in [-0.2, -0.15) is 0 Å². The Hall–Kier alpha value is -2.50. The molecular weight excluding hydrogens is 338 g/mol. The number of nitrogens with zero attached hydrogens (tertiary/aromatic N) is 1. The predicted octanol–water partition coefficient (Wildman–Crippen LogP) is -0.389. The van der Waals surface area contributed by atoms with E-state index in [4.69, 9.17) is 0 Å². The number of aryl methyl sites for hydroxylation is 1. The summed E-state index contributed by atoms with van der Waals surface area (Å²) in [7, 11) is 0. The molecule has 2 heterocycles. The Morgan fingerprint density at radius 1 is 0.963 bits per heavy atom. The number of hydrogen-bond acceptors (Lipinski definition) is 2. The highest BCUT2D eigenvalue weighted by Crippen LogP contribution is 2.21. The molecule has 140 valence electrons. The van der Waals surface area contributed by atoms with Gasteiger partial charge in [-0.3, -0.25) is 9.59 Å². The molecule has 0 radical (unpaired) electrons. The van der Waals surface area contributed by atoms with Gasteiger partial charge in [0, 0.05) is 5.56 Å². The topological polar surface area (TPSA) is 46.3 Å². The Balaban J connectivity index is 1.37. The van der Waals surface area contributed by atoms with Crippen molar-refractivity contribution in [1.29, 1.82) is 0 Å². The van der Waals surface area contributed by atoms with E-state index in [0.29, 0.717) is 12.1 Å². The van der Waals surface area contributed by atoms with E-state index in [-0.39, 0.29) is 17.9 Å². The molecule has 2 saturated heterocycles. The molecule has 2 aliphatic rings. The summed E-state index contributed by atoms with van der Waals surface area (Å²) < 4.78 is 0. The first kappa shape index (κ1) is 17.9. The summed E-state index contributed by atoms with van der Waals surface area (Å²) in [5.41, 5.74) is 3.36. The summed E-state index contributed by atoms with van der Waals surface area (Å²) in [6, 6.07) is 17.8. The van der Waals surface area contributed by atoms with Crippen LogP contribution in [0, 0.1) is 6.92 Å². The van der Waals surface area contributed by atoms with Crippen LogP contribution in [-0.2, 0) is 16.1 Å². The van der Waals surface area contributed by atoms with Gasteiger partial charge in [0.05, 0.1) is 12.1 Å². The van der Waals surface area contributed by atoms with Gasteiger partial charge in [0.15, 0.2) is 6.04 Å². The number of nitrogens with one attached hydrogen (secondary N) is 2. The number of benzene rings is 2. The summed E-state index contributed by atoms with van der Waals surface area (Å²) in [4.78, 5) is 29.6. The highest BCUT2D eigenvalue weighted by molar-refractivity contribution is 6.21. The first-order chi connectivity index (χ1) is 13.1. The van der Waals surface area contributed by atoms with Crippen LogP contribution in [0.2, 0.25) is 0 Å². The van der Waals surface area contributed by atoms with Crippen LogP contribution in [0.1, 0.15) is 17.5 Å². The maximum atomic E-state index is 12.9. The van der Waals surface area contributed by atoms with Crippen LogP contribution in [0.5, 0.6) is 0 Å². The third-order valence-electron chi connectivity index (χ3n) is 5.79.